The van der Waals surface area contributed by atoms with Gasteiger partial charge in [0.15, 0.2) is 5.60 Å². The van der Waals surface area contributed by atoms with E-state index < -0.39 is 35.2 Å². The molecule has 12 heteroatoms. The Morgan fingerprint density at radius 1 is 1.11 bits per heavy atom. The van der Waals surface area contributed by atoms with Crippen LogP contribution in [0.25, 0.3) is 0 Å². The molecule has 0 bridgehead atoms. The summed E-state index contributed by atoms with van der Waals surface area (Å²) >= 11 is 0. The van der Waals surface area contributed by atoms with E-state index in [2.05, 4.69) is 5.32 Å². The van der Waals surface area contributed by atoms with E-state index in [1.165, 1.54) is 4.90 Å². The molecule has 0 radical (unpaired) electrons. The van der Waals surface area contributed by atoms with E-state index >= 15 is 0 Å². The number of ether oxygens (including phenoxy) is 3. The Morgan fingerprint density at radius 2 is 1.83 bits per heavy atom. The van der Waals surface area contributed by atoms with Crippen LogP contribution in [0.4, 0.5) is 16.2 Å². The maximum absolute atomic E-state index is 14.5. The average Bonchev–Trinajstić information content (AvgIpc) is 3.74. The topological polar surface area (TPSA) is 138 Å². The first-order valence-corrected chi connectivity index (χ1v) is 16.6. The number of aliphatic hydroxyl groups is 1. The molecule has 2 aliphatic carbocycles. The Morgan fingerprint density at radius 3 is 2.46 bits per heavy atom. The number of rotatable bonds is 9. The molecule has 0 spiro atoms. The number of nitrogens with zero attached hydrogens (tertiary/aromatic N) is 3. The van der Waals surface area contributed by atoms with E-state index in [0.29, 0.717) is 49.5 Å². The van der Waals surface area contributed by atoms with Crippen molar-refractivity contribution in [3.05, 3.63) is 18.2 Å². The Kier molecular flexibility index (Phi) is 9.89. The van der Waals surface area contributed by atoms with Gasteiger partial charge in [-0.05, 0) is 97.8 Å². The van der Waals surface area contributed by atoms with Crippen LogP contribution in [0.3, 0.4) is 0 Å². The monoisotopic (exact) mass is 642 g/mol. The minimum atomic E-state index is -1.04. The van der Waals surface area contributed by atoms with Crippen LogP contribution < -0.4 is 19.9 Å². The van der Waals surface area contributed by atoms with Crippen molar-refractivity contribution in [1.82, 2.24) is 10.2 Å². The molecular weight excluding hydrogens is 592 g/mol. The van der Waals surface area contributed by atoms with Gasteiger partial charge in [0.2, 0.25) is 11.8 Å². The number of carbonyl (C=O) groups excluding carboxylic acids is 4. The number of benzene rings is 1. The third-order valence-corrected chi connectivity index (χ3v) is 9.15. The molecule has 5 rings (SSSR count). The number of nitrogens with one attached hydrogen (secondary N) is 1. The van der Waals surface area contributed by atoms with Gasteiger partial charge in [0, 0.05) is 45.1 Å². The number of methoxy groups -OCH3 is 1. The Bertz CT molecular complexity index is 1320. The summed E-state index contributed by atoms with van der Waals surface area (Å²) in [6, 6.07) is 5.13. The molecule has 1 aromatic carbocycles. The number of amides is 4. The standard InChI is InChI=1S/C34H50N4O8/c1-33(2,3)46-32(43)36-19-21(29(40)35-25-9-7-10-27(25)39)17-22(20-36)30(41)38(23-11-12-23)24-13-14-28-26(18-24)37(15-8-16-44-6)31(42)34(4,5)45-28/h13-14,18,21-23,25,27,39H,7-12,15-17,19-20H2,1-6H3,(H,35,40)/t21-,22+,25-,27-/m0/s1. The lowest BCUT2D eigenvalue weighted by Gasteiger charge is -2.40. The summed E-state index contributed by atoms with van der Waals surface area (Å²) in [6.07, 6.45) is 3.54. The lowest BCUT2D eigenvalue weighted by atomic mass is 9.87. The largest absolute Gasteiger partial charge is 0.476 e. The van der Waals surface area contributed by atoms with Gasteiger partial charge in [-0.2, -0.15) is 0 Å². The third kappa shape index (κ3) is 7.60. The molecule has 1 aromatic rings. The van der Waals surface area contributed by atoms with Gasteiger partial charge in [-0.25, -0.2) is 4.79 Å². The lowest BCUT2D eigenvalue weighted by molar-refractivity contribution is -0.133. The van der Waals surface area contributed by atoms with Crippen molar-refractivity contribution in [1.29, 1.82) is 0 Å². The highest BCUT2D eigenvalue weighted by atomic mass is 16.6. The third-order valence-electron chi connectivity index (χ3n) is 9.15. The minimum absolute atomic E-state index is 0.0260. The Labute approximate surface area is 271 Å². The van der Waals surface area contributed by atoms with E-state index in [0.717, 1.165) is 19.3 Å². The van der Waals surface area contributed by atoms with E-state index in [4.69, 9.17) is 14.2 Å². The molecule has 46 heavy (non-hydrogen) atoms. The number of piperidine rings is 1. The molecule has 254 valence electrons. The molecule has 0 aromatic heterocycles. The van der Waals surface area contributed by atoms with E-state index in [9.17, 15) is 24.3 Å². The van der Waals surface area contributed by atoms with Crippen LogP contribution in [0.5, 0.6) is 5.75 Å². The van der Waals surface area contributed by atoms with Gasteiger partial charge < -0.3 is 39.3 Å². The molecule has 4 amide bonds. The molecular formula is C34H50N4O8. The number of hydrogen-bond donors (Lipinski definition) is 2. The molecule has 1 saturated heterocycles. The number of carbonyl (C=O) groups is 4. The highest BCUT2D eigenvalue weighted by molar-refractivity contribution is 6.04. The normalized spacial score (nSPS) is 25.8. The van der Waals surface area contributed by atoms with E-state index in [1.54, 1.807) is 51.5 Å². The zero-order valence-corrected chi connectivity index (χ0v) is 28.0. The second-order valence-corrected chi connectivity index (χ2v) is 14.6. The summed E-state index contributed by atoms with van der Waals surface area (Å²) in [6.45, 7) is 10.0. The molecule has 2 N–H and O–H groups in total. The van der Waals surface area contributed by atoms with Gasteiger partial charge in [0.05, 0.1) is 29.7 Å². The summed E-state index contributed by atoms with van der Waals surface area (Å²) in [4.78, 5) is 59.6. The number of fused-ring (bicyclic) bond motifs is 1. The van der Waals surface area contributed by atoms with Crippen molar-refractivity contribution >= 4 is 35.2 Å². The molecule has 12 nitrogen and oxygen atoms in total. The molecule has 0 unspecified atom stereocenters. The van der Waals surface area contributed by atoms with Crippen molar-refractivity contribution in [3.63, 3.8) is 0 Å². The fourth-order valence-electron chi connectivity index (χ4n) is 6.70. The number of likely N-dealkylation sites (tertiary alicyclic amines) is 1. The second-order valence-electron chi connectivity index (χ2n) is 14.6. The predicted octanol–water partition coefficient (Wildman–Crippen LogP) is 3.63. The molecule has 4 atom stereocenters. The van der Waals surface area contributed by atoms with Gasteiger partial charge in [-0.1, -0.05) is 0 Å². The van der Waals surface area contributed by atoms with Gasteiger partial charge >= 0.3 is 6.09 Å². The number of anilines is 2. The number of hydrogen-bond acceptors (Lipinski definition) is 8. The van der Waals surface area contributed by atoms with Crippen molar-refractivity contribution in [3.8, 4) is 5.75 Å². The molecule has 3 fully saturated rings. The van der Waals surface area contributed by atoms with Crippen LogP contribution in [-0.4, -0.2) is 96.6 Å². The van der Waals surface area contributed by atoms with Crippen molar-refractivity contribution < 1.29 is 38.5 Å². The highest BCUT2D eigenvalue weighted by Gasteiger charge is 2.45. The first-order chi connectivity index (χ1) is 21.7. The first-order valence-electron chi connectivity index (χ1n) is 16.6. The molecule has 2 heterocycles. The van der Waals surface area contributed by atoms with Gasteiger partial charge in [-0.3, -0.25) is 14.4 Å². The lowest BCUT2D eigenvalue weighted by Crippen LogP contribution is -2.55. The smallest absolute Gasteiger partial charge is 0.410 e. The quantitative estimate of drug-likeness (QED) is 0.390. The fraction of sp³-hybridized carbons (Fsp3) is 0.706. The van der Waals surface area contributed by atoms with Crippen molar-refractivity contribution in [2.75, 3.05) is 43.2 Å². The first kappa shape index (κ1) is 34.0. The summed E-state index contributed by atoms with van der Waals surface area (Å²) in [5.41, 5.74) is -0.539. The Hall–Kier alpha value is -3.38. The summed E-state index contributed by atoms with van der Waals surface area (Å²) < 4.78 is 17.0. The molecule has 4 aliphatic rings. The zero-order chi connectivity index (χ0) is 33.4. The maximum atomic E-state index is 14.5. The summed E-state index contributed by atoms with van der Waals surface area (Å²) in [7, 11) is 1.62. The summed E-state index contributed by atoms with van der Waals surface area (Å²) in [5, 5.41) is 13.3. The number of aliphatic hydroxyl groups excluding tert-OH is 1. The van der Waals surface area contributed by atoms with Crippen molar-refractivity contribution in [2.24, 2.45) is 11.8 Å². The van der Waals surface area contributed by atoms with Crippen LogP contribution in [0, 0.1) is 11.8 Å². The van der Waals surface area contributed by atoms with E-state index in [-0.39, 0.29) is 49.3 Å². The second kappa shape index (κ2) is 13.4. The maximum Gasteiger partial charge on any atom is 0.410 e. The van der Waals surface area contributed by atoms with E-state index in [1.807, 2.05) is 18.2 Å². The van der Waals surface area contributed by atoms with Gasteiger partial charge in [0.25, 0.3) is 5.91 Å². The average molecular weight is 643 g/mol. The van der Waals surface area contributed by atoms with Gasteiger partial charge in [-0.15, -0.1) is 0 Å². The highest BCUT2D eigenvalue weighted by Crippen LogP contribution is 2.43. The van der Waals surface area contributed by atoms with Crippen molar-refractivity contribution in [2.45, 2.75) is 109 Å². The van der Waals surface area contributed by atoms with Crippen LogP contribution in [0.1, 0.15) is 79.6 Å². The van der Waals surface area contributed by atoms with Gasteiger partial charge in [0.1, 0.15) is 11.4 Å². The van der Waals surface area contributed by atoms with Crippen LogP contribution in [-0.2, 0) is 23.9 Å². The summed E-state index contributed by atoms with van der Waals surface area (Å²) in [5.74, 6) is -1.35. The molecule has 2 aliphatic heterocycles. The fourth-order valence-corrected chi connectivity index (χ4v) is 6.70. The van der Waals surface area contributed by atoms with Crippen LogP contribution in [0.2, 0.25) is 0 Å². The van der Waals surface area contributed by atoms with Crippen LogP contribution >= 0.6 is 0 Å². The molecule has 2 saturated carbocycles. The predicted molar refractivity (Wildman–Crippen MR) is 172 cm³/mol. The Balaban J connectivity index is 1.42. The minimum Gasteiger partial charge on any atom is -0.476 e. The van der Waals surface area contributed by atoms with Crippen LogP contribution in [0.15, 0.2) is 18.2 Å². The SMILES string of the molecule is COCCCN1C(=O)C(C)(C)Oc2ccc(N(C(=O)[C@@H]3C[C@H](C(=O)N[C@H]4CCC[C@@H]4O)CN(C(=O)OC(C)(C)C)C3)C3CC3)cc21. The zero-order valence-electron chi connectivity index (χ0n) is 28.0.